The number of unbranched alkanes of at least 4 members (excludes halogenated alkanes) is 1. The summed E-state index contributed by atoms with van der Waals surface area (Å²) in [4.78, 5) is 12.6. The second-order valence-corrected chi connectivity index (χ2v) is 4.34. The lowest BCUT2D eigenvalue weighted by atomic mass is 9.99. The van der Waals surface area contributed by atoms with Gasteiger partial charge in [-0.3, -0.25) is 4.79 Å². The Bertz CT molecular complexity index is 196. The minimum Gasteiger partial charge on any atom is -0.481 e. The van der Waals surface area contributed by atoms with Crippen LogP contribution in [0.4, 0.5) is 0 Å². The Morgan fingerprint density at radius 2 is 2.20 bits per heavy atom. The van der Waals surface area contributed by atoms with Crippen molar-refractivity contribution in [1.29, 1.82) is 0 Å². The molecule has 2 N–H and O–H groups in total. The standard InChI is InChI=1S/C11H21NO3/c13-9-10-4-3-7-12(8-10)6-2-1-5-11(14)15/h10,13H,1-9H2,(H,14,15). The van der Waals surface area contributed by atoms with E-state index in [0.717, 1.165) is 45.3 Å². The Morgan fingerprint density at radius 1 is 1.40 bits per heavy atom. The van der Waals surface area contributed by atoms with Gasteiger partial charge in [0.1, 0.15) is 0 Å². The SMILES string of the molecule is O=C(O)CCCCN1CCCC(CO)C1. The number of likely N-dealkylation sites (tertiary alicyclic amines) is 1. The predicted octanol–water partition coefficient (Wildman–Crippen LogP) is 0.946. The van der Waals surface area contributed by atoms with Crippen LogP contribution in [0.2, 0.25) is 0 Å². The number of piperidine rings is 1. The summed E-state index contributed by atoms with van der Waals surface area (Å²) < 4.78 is 0. The van der Waals surface area contributed by atoms with Gasteiger partial charge in [-0.25, -0.2) is 0 Å². The number of rotatable bonds is 6. The third kappa shape index (κ3) is 5.14. The number of carboxylic acids is 1. The van der Waals surface area contributed by atoms with Gasteiger partial charge in [0.15, 0.2) is 0 Å². The first-order valence-electron chi connectivity index (χ1n) is 5.77. The number of hydrogen-bond donors (Lipinski definition) is 2. The molecule has 1 atom stereocenters. The second-order valence-electron chi connectivity index (χ2n) is 4.34. The number of aliphatic carboxylic acids is 1. The van der Waals surface area contributed by atoms with Gasteiger partial charge >= 0.3 is 5.97 Å². The highest BCUT2D eigenvalue weighted by atomic mass is 16.4. The molecule has 0 amide bonds. The normalized spacial score (nSPS) is 22.9. The molecule has 0 aromatic rings. The number of hydrogen-bond acceptors (Lipinski definition) is 3. The van der Waals surface area contributed by atoms with Crippen LogP contribution in [0.25, 0.3) is 0 Å². The highest BCUT2D eigenvalue weighted by Gasteiger charge is 2.18. The average Bonchev–Trinajstić information content (AvgIpc) is 2.24. The van der Waals surface area contributed by atoms with Gasteiger partial charge in [0.2, 0.25) is 0 Å². The zero-order chi connectivity index (χ0) is 11.1. The van der Waals surface area contributed by atoms with Crippen molar-refractivity contribution < 1.29 is 15.0 Å². The fourth-order valence-corrected chi connectivity index (χ4v) is 2.12. The van der Waals surface area contributed by atoms with Gasteiger partial charge < -0.3 is 15.1 Å². The third-order valence-corrected chi connectivity index (χ3v) is 2.98. The van der Waals surface area contributed by atoms with Crippen molar-refractivity contribution in [3.63, 3.8) is 0 Å². The highest BCUT2D eigenvalue weighted by Crippen LogP contribution is 2.16. The molecule has 1 heterocycles. The molecule has 88 valence electrons. The van der Waals surface area contributed by atoms with Crippen LogP contribution in [0.3, 0.4) is 0 Å². The fourth-order valence-electron chi connectivity index (χ4n) is 2.12. The van der Waals surface area contributed by atoms with Gasteiger partial charge in [-0.15, -0.1) is 0 Å². The van der Waals surface area contributed by atoms with Crippen LogP contribution < -0.4 is 0 Å². The van der Waals surface area contributed by atoms with Gasteiger partial charge in [-0.05, 0) is 44.7 Å². The topological polar surface area (TPSA) is 60.8 Å². The minimum absolute atomic E-state index is 0.275. The van der Waals surface area contributed by atoms with Crippen molar-refractivity contribution in [1.82, 2.24) is 4.90 Å². The molecule has 15 heavy (non-hydrogen) atoms. The Hall–Kier alpha value is -0.610. The smallest absolute Gasteiger partial charge is 0.303 e. The molecule has 0 spiro atoms. The minimum atomic E-state index is -0.707. The van der Waals surface area contributed by atoms with E-state index in [0.29, 0.717) is 5.92 Å². The molecule has 1 rings (SSSR count). The van der Waals surface area contributed by atoms with Gasteiger partial charge in [-0.1, -0.05) is 0 Å². The molecule has 4 heteroatoms. The quantitative estimate of drug-likeness (QED) is 0.647. The van der Waals surface area contributed by atoms with Crippen molar-refractivity contribution in [3.05, 3.63) is 0 Å². The molecule has 0 saturated carbocycles. The van der Waals surface area contributed by atoms with E-state index in [2.05, 4.69) is 4.90 Å². The van der Waals surface area contributed by atoms with Crippen LogP contribution in [0.5, 0.6) is 0 Å². The molecule has 0 bridgehead atoms. The number of carbonyl (C=O) groups is 1. The number of carboxylic acid groups (broad SMARTS) is 1. The van der Waals surface area contributed by atoms with Crippen molar-refractivity contribution in [2.75, 3.05) is 26.2 Å². The molecular weight excluding hydrogens is 194 g/mol. The van der Waals surface area contributed by atoms with Crippen molar-refractivity contribution in [2.45, 2.75) is 32.1 Å². The summed E-state index contributed by atoms with van der Waals surface area (Å²) in [6.07, 6.45) is 4.27. The first-order valence-corrected chi connectivity index (χ1v) is 5.77. The van der Waals surface area contributed by atoms with E-state index in [4.69, 9.17) is 10.2 Å². The third-order valence-electron chi connectivity index (χ3n) is 2.98. The van der Waals surface area contributed by atoms with Gasteiger partial charge in [0, 0.05) is 19.6 Å². The molecule has 0 radical (unpaired) electrons. The van der Waals surface area contributed by atoms with E-state index in [1.54, 1.807) is 0 Å². The Balaban J connectivity index is 2.07. The van der Waals surface area contributed by atoms with Crippen LogP contribution >= 0.6 is 0 Å². The number of aliphatic hydroxyl groups is 1. The van der Waals surface area contributed by atoms with Crippen LogP contribution in [-0.4, -0.2) is 47.3 Å². The van der Waals surface area contributed by atoms with E-state index >= 15 is 0 Å². The Morgan fingerprint density at radius 3 is 2.87 bits per heavy atom. The van der Waals surface area contributed by atoms with Gasteiger partial charge in [0.25, 0.3) is 0 Å². The molecule has 1 unspecified atom stereocenters. The van der Waals surface area contributed by atoms with E-state index in [1.165, 1.54) is 0 Å². The van der Waals surface area contributed by atoms with Gasteiger partial charge in [0.05, 0.1) is 0 Å². The summed E-state index contributed by atoms with van der Waals surface area (Å²) in [5.74, 6) is -0.278. The monoisotopic (exact) mass is 215 g/mol. The fraction of sp³-hybridized carbons (Fsp3) is 0.909. The molecule has 4 nitrogen and oxygen atoms in total. The Labute approximate surface area is 90.9 Å². The van der Waals surface area contributed by atoms with Crippen molar-refractivity contribution in [2.24, 2.45) is 5.92 Å². The lowest BCUT2D eigenvalue weighted by Crippen LogP contribution is -2.37. The predicted molar refractivity (Wildman–Crippen MR) is 57.7 cm³/mol. The van der Waals surface area contributed by atoms with Crippen molar-refractivity contribution >= 4 is 5.97 Å². The zero-order valence-electron chi connectivity index (χ0n) is 9.19. The first-order chi connectivity index (χ1) is 7.22. The largest absolute Gasteiger partial charge is 0.481 e. The summed E-state index contributed by atoms with van der Waals surface area (Å²) in [6.45, 7) is 3.34. The maximum absolute atomic E-state index is 10.3. The second kappa shape index (κ2) is 6.80. The maximum Gasteiger partial charge on any atom is 0.303 e. The average molecular weight is 215 g/mol. The van der Waals surface area contributed by atoms with Crippen LogP contribution in [0, 0.1) is 5.92 Å². The van der Waals surface area contributed by atoms with E-state index in [-0.39, 0.29) is 13.0 Å². The van der Waals surface area contributed by atoms with Crippen molar-refractivity contribution in [3.8, 4) is 0 Å². The summed E-state index contributed by atoms with van der Waals surface area (Å²) in [7, 11) is 0. The van der Waals surface area contributed by atoms with Gasteiger partial charge in [-0.2, -0.15) is 0 Å². The summed E-state index contributed by atoms with van der Waals surface area (Å²) in [5, 5.41) is 17.5. The highest BCUT2D eigenvalue weighted by molar-refractivity contribution is 5.66. The summed E-state index contributed by atoms with van der Waals surface area (Å²) in [5.41, 5.74) is 0. The van der Waals surface area contributed by atoms with E-state index < -0.39 is 5.97 Å². The molecule has 0 aromatic carbocycles. The zero-order valence-corrected chi connectivity index (χ0v) is 9.19. The first kappa shape index (κ1) is 12.5. The lowest BCUT2D eigenvalue weighted by molar-refractivity contribution is -0.137. The molecule has 1 aliphatic rings. The molecule has 0 aliphatic carbocycles. The van der Waals surface area contributed by atoms with E-state index in [1.807, 2.05) is 0 Å². The van der Waals surface area contributed by atoms with Crippen LogP contribution in [0.15, 0.2) is 0 Å². The molecule has 0 aromatic heterocycles. The number of nitrogens with zero attached hydrogens (tertiary/aromatic N) is 1. The maximum atomic E-state index is 10.3. The molecule has 1 fully saturated rings. The molecule has 1 aliphatic heterocycles. The Kier molecular flexibility index (Phi) is 5.65. The summed E-state index contributed by atoms with van der Waals surface area (Å²) in [6, 6.07) is 0. The van der Waals surface area contributed by atoms with Crippen LogP contribution in [0.1, 0.15) is 32.1 Å². The van der Waals surface area contributed by atoms with E-state index in [9.17, 15) is 4.79 Å². The lowest BCUT2D eigenvalue weighted by Gasteiger charge is -2.31. The van der Waals surface area contributed by atoms with Crippen LogP contribution in [-0.2, 0) is 4.79 Å². The summed E-state index contributed by atoms with van der Waals surface area (Å²) >= 11 is 0. The molecule has 1 saturated heterocycles. The molecular formula is C11H21NO3. The number of aliphatic hydroxyl groups excluding tert-OH is 1.